The topological polar surface area (TPSA) is 142 Å². The molecule has 6 atom stereocenters. The number of aryl methyl sites for hydroxylation is 1. The number of primary amides is 1. The third-order valence-corrected chi connectivity index (χ3v) is 6.44. The third kappa shape index (κ3) is 4.47. The van der Waals surface area contributed by atoms with Gasteiger partial charge < -0.3 is 35.6 Å². The summed E-state index contributed by atoms with van der Waals surface area (Å²) in [6.07, 6.45) is -5.05. The maximum Gasteiger partial charge on any atom is 0.258 e. The van der Waals surface area contributed by atoms with Crippen LogP contribution in [-0.2, 0) is 22.4 Å². The Labute approximate surface area is 190 Å². The molecule has 2 aliphatic heterocycles. The number of amides is 1. The first-order chi connectivity index (χ1) is 15.3. The van der Waals surface area contributed by atoms with Crippen LogP contribution in [0.25, 0.3) is 0 Å². The minimum absolute atomic E-state index is 0.475. The molecule has 9 heteroatoms. The van der Waals surface area contributed by atoms with Gasteiger partial charge in [0.15, 0.2) is 6.10 Å². The molecule has 8 nitrogen and oxygen atoms in total. The van der Waals surface area contributed by atoms with Crippen LogP contribution in [0.3, 0.4) is 0 Å². The highest BCUT2D eigenvalue weighted by Crippen LogP contribution is 2.35. The number of rotatable bonds is 5. The van der Waals surface area contributed by atoms with Gasteiger partial charge in [-0.25, -0.2) is 0 Å². The van der Waals surface area contributed by atoms with Crippen molar-refractivity contribution in [2.45, 2.75) is 55.9 Å². The number of carbonyl (C=O) groups excluding carboxylic acids is 1. The highest BCUT2D eigenvalue weighted by Gasteiger charge is 2.44. The van der Waals surface area contributed by atoms with Crippen LogP contribution in [0, 0.1) is 0 Å². The average Bonchev–Trinajstić information content (AvgIpc) is 2.79. The van der Waals surface area contributed by atoms with Crippen molar-refractivity contribution in [3.8, 4) is 5.75 Å². The number of carbonyl (C=O) groups is 1. The van der Waals surface area contributed by atoms with E-state index in [4.69, 9.17) is 26.8 Å². The predicted octanol–water partition coefficient (Wildman–Crippen LogP) is 0.625. The molecule has 1 unspecified atom stereocenters. The fourth-order valence-electron chi connectivity index (χ4n) is 4.26. The van der Waals surface area contributed by atoms with Gasteiger partial charge in [0.25, 0.3) is 5.91 Å². The monoisotopic (exact) mass is 463 g/mol. The number of ether oxygens (including phenoxy) is 2. The smallest absolute Gasteiger partial charge is 0.258 e. The van der Waals surface area contributed by atoms with Crippen LogP contribution in [0.1, 0.15) is 34.8 Å². The van der Waals surface area contributed by atoms with Crippen LogP contribution in [0.4, 0.5) is 0 Å². The summed E-state index contributed by atoms with van der Waals surface area (Å²) in [6, 6.07) is 10.9. The molecular formula is C23H26ClNO7. The molecule has 172 valence electrons. The molecule has 2 aliphatic rings. The van der Waals surface area contributed by atoms with Crippen molar-refractivity contribution in [3.63, 3.8) is 0 Å². The highest BCUT2D eigenvalue weighted by atomic mass is 35.5. The Bertz CT molecular complexity index is 998. The van der Waals surface area contributed by atoms with Gasteiger partial charge in [-0.05, 0) is 53.6 Å². The van der Waals surface area contributed by atoms with E-state index in [9.17, 15) is 25.2 Å². The number of hydrogen-bond donors (Lipinski definition) is 5. The molecular weight excluding hydrogens is 438 g/mol. The van der Waals surface area contributed by atoms with Crippen molar-refractivity contribution in [2.75, 3.05) is 6.61 Å². The molecule has 6 N–H and O–H groups in total. The number of aliphatic hydroxyl groups excluding tert-OH is 4. The summed E-state index contributed by atoms with van der Waals surface area (Å²) in [6.45, 7) is -0.490. The molecule has 0 aliphatic carbocycles. The van der Waals surface area contributed by atoms with Gasteiger partial charge in [-0.2, -0.15) is 0 Å². The summed E-state index contributed by atoms with van der Waals surface area (Å²) in [5, 5.41) is 40.5. The lowest BCUT2D eigenvalue weighted by Gasteiger charge is -2.40. The van der Waals surface area contributed by atoms with Crippen molar-refractivity contribution >= 4 is 17.5 Å². The van der Waals surface area contributed by atoms with Crippen LogP contribution in [0.2, 0.25) is 5.02 Å². The van der Waals surface area contributed by atoms with Gasteiger partial charge in [0.1, 0.15) is 36.3 Å². The van der Waals surface area contributed by atoms with E-state index < -0.39 is 49.1 Å². The molecule has 4 rings (SSSR count). The van der Waals surface area contributed by atoms with E-state index in [1.807, 2.05) is 18.2 Å². The first-order valence-electron chi connectivity index (χ1n) is 10.4. The van der Waals surface area contributed by atoms with E-state index in [0.29, 0.717) is 35.6 Å². The summed E-state index contributed by atoms with van der Waals surface area (Å²) < 4.78 is 11.3. The van der Waals surface area contributed by atoms with Crippen LogP contribution in [-0.4, -0.2) is 63.5 Å². The Kier molecular flexibility index (Phi) is 6.71. The molecule has 1 amide bonds. The predicted molar refractivity (Wildman–Crippen MR) is 115 cm³/mol. The van der Waals surface area contributed by atoms with E-state index >= 15 is 0 Å². The second-order valence-electron chi connectivity index (χ2n) is 8.27. The summed E-state index contributed by atoms with van der Waals surface area (Å²) in [7, 11) is 0. The molecule has 0 spiro atoms. The fourth-order valence-corrected chi connectivity index (χ4v) is 4.44. The van der Waals surface area contributed by atoms with Gasteiger partial charge >= 0.3 is 0 Å². The molecule has 1 fully saturated rings. The minimum atomic E-state index is -1.45. The second-order valence-corrected chi connectivity index (χ2v) is 8.67. The summed E-state index contributed by atoms with van der Waals surface area (Å²) in [5.41, 5.74) is 8.67. The Morgan fingerprint density at radius 2 is 1.88 bits per heavy atom. The first-order valence-corrected chi connectivity index (χ1v) is 10.8. The molecule has 0 aromatic heterocycles. The zero-order valence-electron chi connectivity index (χ0n) is 17.2. The lowest BCUT2D eigenvalue weighted by Crippen LogP contribution is -2.55. The molecule has 2 aromatic rings. The van der Waals surface area contributed by atoms with Crippen molar-refractivity contribution in [3.05, 3.63) is 63.7 Å². The van der Waals surface area contributed by atoms with Crippen LogP contribution < -0.4 is 10.5 Å². The quantitative estimate of drug-likeness (QED) is 0.437. The third-order valence-electron chi connectivity index (χ3n) is 6.07. The van der Waals surface area contributed by atoms with Crippen LogP contribution in [0.5, 0.6) is 5.75 Å². The molecule has 1 saturated heterocycles. The van der Waals surface area contributed by atoms with Gasteiger partial charge in [-0.15, -0.1) is 0 Å². The van der Waals surface area contributed by atoms with Gasteiger partial charge in [0, 0.05) is 5.02 Å². The van der Waals surface area contributed by atoms with Gasteiger partial charge in [0.2, 0.25) is 0 Å². The molecule has 2 heterocycles. The number of aliphatic hydroxyl groups is 4. The summed E-state index contributed by atoms with van der Waals surface area (Å²) >= 11 is 6.42. The molecule has 0 bridgehead atoms. The Morgan fingerprint density at radius 3 is 2.59 bits per heavy atom. The minimum Gasteiger partial charge on any atom is -0.480 e. The van der Waals surface area contributed by atoms with E-state index in [0.717, 1.165) is 16.7 Å². The normalized spacial score (nSPS) is 29.8. The van der Waals surface area contributed by atoms with E-state index in [2.05, 4.69) is 0 Å². The fraction of sp³-hybridized carbons (Fsp3) is 0.435. The molecule has 32 heavy (non-hydrogen) atoms. The number of benzene rings is 2. The van der Waals surface area contributed by atoms with Crippen molar-refractivity contribution < 1.29 is 34.7 Å². The lowest BCUT2D eigenvalue weighted by molar-refractivity contribution is -0.231. The Morgan fingerprint density at radius 1 is 1.09 bits per heavy atom. The lowest BCUT2D eigenvalue weighted by atomic mass is 9.90. The van der Waals surface area contributed by atoms with Gasteiger partial charge in [-0.1, -0.05) is 35.9 Å². The number of halogens is 1. The van der Waals surface area contributed by atoms with Crippen molar-refractivity contribution in [1.82, 2.24) is 0 Å². The van der Waals surface area contributed by atoms with Crippen molar-refractivity contribution in [1.29, 1.82) is 0 Å². The molecule has 2 aromatic carbocycles. The maximum absolute atomic E-state index is 11.4. The number of fused-ring (bicyclic) bond motifs is 1. The average molecular weight is 464 g/mol. The van der Waals surface area contributed by atoms with E-state index in [-0.39, 0.29) is 0 Å². The Balaban J connectivity index is 1.56. The van der Waals surface area contributed by atoms with E-state index in [1.165, 1.54) is 0 Å². The van der Waals surface area contributed by atoms with Gasteiger partial charge in [0.05, 0.1) is 6.61 Å². The van der Waals surface area contributed by atoms with E-state index in [1.54, 1.807) is 18.2 Å². The largest absolute Gasteiger partial charge is 0.480 e. The highest BCUT2D eigenvalue weighted by molar-refractivity contribution is 6.31. The van der Waals surface area contributed by atoms with Gasteiger partial charge in [-0.3, -0.25) is 4.79 Å². The zero-order valence-corrected chi connectivity index (χ0v) is 18.0. The molecule has 0 radical (unpaired) electrons. The zero-order chi connectivity index (χ0) is 23.0. The number of hydrogen-bond acceptors (Lipinski definition) is 7. The number of nitrogens with two attached hydrogens (primary N) is 1. The summed E-state index contributed by atoms with van der Waals surface area (Å²) in [4.78, 5) is 11.4. The maximum atomic E-state index is 11.4. The SMILES string of the molecule is NC(=O)C1CCc2cc(Cc3cc([C@@H]4O[C@H](CO)[C@@H](O)[C@H](O)[C@H]4O)ccc3Cl)ccc2O1. The van der Waals surface area contributed by atoms with Crippen molar-refractivity contribution in [2.24, 2.45) is 5.73 Å². The second kappa shape index (κ2) is 9.35. The molecule has 0 saturated carbocycles. The first kappa shape index (κ1) is 23.0. The van der Waals surface area contributed by atoms with Crippen LogP contribution >= 0.6 is 11.6 Å². The van der Waals surface area contributed by atoms with Crippen LogP contribution in [0.15, 0.2) is 36.4 Å². The Hall–Kier alpha value is -2.20. The standard InChI is InChI=1S/C23H26ClNO7/c24-15-4-2-13(22-21(29)20(28)19(27)18(10-26)32-22)9-14(15)8-11-1-5-16-12(7-11)3-6-17(31-16)23(25)30/h1-2,4-5,7,9,17-22,26-29H,3,6,8,10H2,(H2,25,30)/t17?,18-,19-,20+,21-,22+/m1/s1. The summed E-state index contributed by atoms with van der Waals surface area (Å²) in [5.74, 6) is 0.168.